The number of nitrogens with one attached hydrogen (secondary N) is 5. The zero-order chi connectivity index (χ0) is 81.2. The van der Waals surface area contributed by atoms with E-state index < -0.39 is 179 Å². The minimum absolute atomic E-state index is 0.00723. The van der Waals surface area contributed by atoms with Gasteiger partial charge in [0.2, 0.25) is 64.2 Å². The molecule has 0 spiro atoms. The van der Waals surface area contributed by atoms with Crippen LogP contribution in [0, 0.1) is 46.8 Å². The minimum atomic E-state index is -1.55. The topological polar surface area (TPSA) is 373 Å². The van der Waals surface area contributed by atoms with Crippen LogP contribution in [0.5, 0.6) is 0 Å². The van der Waals surface area contributed by atoms with Crippen LogP contribution in [-0.4, -0.2) is 289 Å². The van der Waals surface area contributed by atoms with Gasteiger partial charge in [-0.05, 0) is 118 Å². The number of hydrogen-bond acceptors (Lipinski definition) is 20. The van der Waals surface area contributed by atoms with Crippen LogP contribution in [0.25, 0.3) is 0 Å². The van der Waals surface area contributed by atoms with Gasteiger partial charge in [-0.15, -0.1) is 5.10 Å². The lowest BCUT2D eigenvalue weighted by molar-refractivity contribution is -0.322. The van der Waals surface area contributed by atoms with Gasteiger partial charge in [0.05, 0.1) is 19.2 Å². The molecule has 12 amide bonds. The molecule has 3 rings (SSSR count). The number of alkyl carbamates (subject to hydrolysis) is 1. The summed E-state index contributed by atoms with van der Waals surface area (Å²) in [5.74, 6) is -9.50. The van der Waals surface area contributed by atoms with E-state index in [1.165, 1.54) is 99.3 Å². The summed E-state index contributed by atoms with van der Waals surface area (Å²) >= 11 is 1.52. The lowest BCUT2D eigenvalue weighted by atomic mass is 9.81. The lowest BCUT2D eigenvalue weighted by Gasteiger charge is -2.50. The van der Waals surface area contributed by atoms with Gasteiger partial charge in [-0.25, -0.2) is 14.5 Å². The summed E-state index contributed by atoms with van der Waals surface area (Å²) in [5, 5.41) is 39.7. The van der Waals surface area contributed by atoms with Crippen molar-refractivity contribution in [3.63, 3.8) is 0 Å². The number of methoxy groups -OCH3 is 1. The molecule has 33 heteroatoms. The van der Waals surface area contributed by atoms with Gasteiger partial charge in [-0.3, -0.25) is 62.5 Å². The molecule has 1 aromatic heterocycles. The molecule has 0 bridgehead atoms. The molecule has 3 heterocycles. The number of ether oxygens (including phenoxy) is 1. The molecule has 2 aliphatic rings. The van der Waals surface area contributed by atoms with Crippen molar-refractivity contribution in [2.45, 2.75) is 273 Å². The summed E-state index contributed by atoms with van der Waals surface area (Å²) in [5.41, 5.74) is -1.43. The second kappa shape index (κ2) is 41.3. The number of hydroxylamine groups is 2. The summed E-state index contributed by atoms with van der Waals surface area (Å²) in [6, 6.07) is -15.1. The Morgan fingerprint density at radius 1 is 0.642 bits per heavy atom. The Balaban J connectivity index is 2.37. The van der Waals surface area contributed by atoms with Crippen LogP contribution in [0.4, 0.5) is 4.79 Å². The highest BCUT2D eigenvalue weighted by Gasteiger charge is 2.55. The summed E-state index contributed by atoms with van der Waals surface area (Å²) in [7, 11) is 13.1. The highest BCUT2D eigenvalue weighted by atomic mass is 32.2. The van der Waals surface area contributed by atoms with E-state index in [9.17, 15) is 29.1 Å². The number of aliphatic hydroxyl groups excluding tert-OH is 1. The molecule has 0 radical (unpaired) electrons. The first-order chi connectivity index (χ1) is 49.1. The van der Waals surface area contributed by atoms with Gasteiger partial charge < -0.3 is 65.8 Å². The number of likely N-dealkylation sites (N-methyl/N-ethyl adjacent to an activating group) is 7. The maximum absolute atomic E-state index is 15.6. The molecular weight excluding hydrogens is 1390 g/mol. The largest absolute Gasteiger partial charge is 0.453 e. The van der Waals surface area contributed by atoms with E-state index in [0.29, 0.717) is 11.6 Å². The van der Waals surface area contributed by atoms with Crippen molar-refractivity contribution in [3.05, 3.63) is 0 Å². The fourth-order valence-electron chi connectivity index (χ4n) is 13.9. The molecular formula is C73H131N17O15S. The van der Waals surface area contributed by atoms with Crippen LogP contribution in [-0.2, 0) is 69.4 Å². The average molecular weight is 1520 g/mol. The van der Waals surface area contributed by atoms with Crippen LogP contribution < -0.4 is 26.6 Å². The monoisotopic (exact) mass is 1520 g/mol. The third kappa shape index (κ3) is 24.4. The first-order valence-electron chi connectivity index (χ1n) is 37.5. The number of carbonyl (C=O) groups excluding carboxylic acids is 12. The van der Waals surface area contributed by atoms with Gasteiger partial charge in [0.1, 0.15) is 66.7 Å². The summed E-state index contributed by atoms with van der Waals surface area (Å²) in [6.07, 6.45) is 0.154. The molecule has 1 unspecified atom stereocenters. The van der Waals surface area contributed by atoms with Crippen molar-refractivity contribution in [1.82, 2.24) is 86.2 Å². The maximum Gasteiger partial charge on any atom is 0.407 e. The van der Waals surface area contributed by atoms with Crippen molar-refractivity contribution < 1.29 is 72.2 Å². The van der Waals surface area contributed by atoms with E-state index >= 15 is 33.6 Å². The van der Waals surface area contributed by atoms with Gasteiger partial charge in [-0.1, -0.05) is 135 Å². The number of nitrogens with zero attached hydrogens (tertiary/aromatic N) is 12. The maximum atomic E-state index is 15.6. The Morgan fingerprint density at radius 3 is 1.74 bits per heavy atom. The Morgan fingerprint density at radius 2 is 1.22 bits per heavy atom. The molecule has 0 saturated carbocycles. The van der Waals surface area contributed by atoms with Crippen LogP contribution in [0.3, 0.4) is 0 Å². The van der Waals surface area contributed by atoms with Crippen molar-refractivity contribution >= 4 is 82.8 Å². The molecule has 2 saturated heterocycles. The summed E-state index contributed by atoms with van der Waals surface area (Å²) in [4.78, 5) is 193. The van der Waals surface area contributed by atoms with Crippen LogP contribution in [0.2, 0.25) is 0 Å². The van der Waals surface area contributed by atoms with Crippen molar-refractivity contribution in [1.29, 1.82) is 0 Å². The van der Waals surface area contributed by atoms with Gasteiger partial charge in [0.25, 0.3) is 5.91 Å². The fourth-order valence-corrected chi connectivity index (χ4v) is 14.8. The zero-order valence-electron chi connectivity index (χ0n) is 68.6. The SMILES string of the molecule is CC[C@@H]1NC(=O)[C@@H]2[C@@H]([C@@H](C)CCCCCSc3nnnn3C)ON2C(=O)[C@@H](C(C)C)N(C)C(=O)[C@H](CC(C)C)N(C)C(O)[C@@H](CC(C)C)N(C)C(=O)[C@@H](C)NC(=O)[C@H](C)NC(=O)[C@H](CC(C)C)N(C)C(=O)[C@H](C(C)C)NC(=O)[C@H](C(C)(C)CN(C)C(=O)[C@@H](NC(=O)OC)C(C)C)N(C)C(=O)[C@H](C)N(C)C1=O. The third-order valence-electron chi connectivity index (χ3n) is 20.4. The number of tetrazole rings is 1. The quantitative estimate of drug-likeness (QED) is 0.0674. The van der Waals surface area contributed by atoms with E-state index in [2.05, 4.69) is 42.1 Å². The number of unbranched alkanes of at least 4 members (excludes halogenated alkanes) is 2. The van der Waals surface area contributed by atoms with Gasteiger partial charge in [0.15, 0.2) is 6.04 Å². The number of hydrogen-bond donors (Lipinski definition) is 6. The molecule has 15 atom stereocenters. The molecule has 0 aliphatic carbocycles. The molecule has 32 nitrogen and oxygen atoms in total. The number of rotatable bonds is 23. The molecule has 2 fully saturated rings. The smallest absolute Gasteiger partial charge is 0.407 e. The highest BCUT2D eigenvalue weighted by molar-refractivity contribution is 7.99. The van der Waals surface area contributed by atoms with E-state index in [4.69, 9.17) is 9.57 Å². The Hall–Kier alpha value is -7.26. The number of thioether (sulfide) groups is 1. The average Bonchev–Trinajstić information content (AvgIpc) is 0.943. The molecule has 6 N–H and O–H groups in total. The first-order valence-corrected chi connectivity index (χ1v) is 38.5. The second-order valence-corrected chi connectivity index (χ2v) is 33.3. The lowest BCUT2D eigenvalue weighted by Crippen LogP contribution is -2.72. The van der Waals surface area contributed by atoms with Crippen molar-refractivity contribution in [3.8, 4) is 0 Å². The van der Waals surface area contributed by atoms with Crippen LogP contribution in [0.1, 0.15) is 183 Å². The van der Waals surface area contributed by atoms with E-state index in [1.807, 2.05) is 48.5 Å². The van der Waals surface area contributed by atoms with E-state index in [0.717, 1.165) is 47.0 Å². The van der Waals surface area contributed by atoms with Crippen LogP contribution >= 0.6 is 11.8 Å². The van der Waals surface area contributed by atoms with Crippen LogP contribution in [0.15, 0.2) is 5.16 Å². The second-order valence-electron chi connectivity index (χ2n) is 32.2. The number of carbonyl (C=O) groups is 12. The zero-order valence-corrected chi connectivity index (χ0v) is 69.4. The van der Waals surface area contributed by atoms with Crippen molar-refractivity contribution in [2.24, 2.45) is 53.9 Å². The van der Waals surface area contributed by atoms with Gasteiger partial charge in [0, 0.05) is 67.0 Å². The number of aliphatic hydroxyl groups is 1. The summed E-state index contributed by atoms with van der Waals surface area (Å²) < 4.78 is 6.42. The molecule has 1 aromatic rings. The highest BCUT2D eigenvalue weighted by Crippen LogP contribution is 2.35. The van der Waals surface area contributed by atoms with E-state index in [-0.39, 0.29) is 55.9 Å². The number of aryl methyl sites for hydroxylation is 1. The van der Waals surface area contributed by atoms with Gasteiger partial charge in [-0.2, -0.15) is 0 Å². The predicted octanol–water partition coefficient (Wildman–Crippen LogP) is 3.50. The summed E-state index contributed by atoms with van der Waals surface area (Å²) in [6.45, 7) is 32.6. The Kier molecular flexibility index (Phi) is 36.3. The molecule has 604 valence electrons. The Bertz CT molecular complexity index is 3150. The Labute approximate surface area is 634 Å². The molecule has 106 heavy (non-hydrogen) atoms. The number of aromatic nitrogens is 4. The fraction of sp³-hybridized carbons (Fsp3) is 0.822. The molecule has 0 aromatic carbocycles. The third-order valence-corrected chi connectivity index (χ3v) is 21.5. The number of fused-ring (bicyclic) bond motifs is 1. The minimum Gasteiger partial charge on any atom is -0.453 e. The number of amides is 12. The normalized spacial score (nSPS) is 26.5. The van der Waals surface area contributed by atoms with Crippen molar-refractivity contribution in [2.75, 3.05) is 68.7 Å². The molecule has 2 aliphatic heterocycles. The van der Waals surface area contributed by atoms with Gasteiger partial charge >= 0.3 is 6.09 Å². The first kappa shape index (κ1) is 92.9. The predicted molar refractivity (Wildman–Crippen MR) is 402 cm³/mol. The standard InChI is InChI=1S/C73H131N17O15S/c1-29-49-65(97)83(21)48(17)64(96)88(26)58(73(18,19)38-82(20)68(100)53(42(8)9)78-72(103)104-28)62(94)77-54(43(10)11)69(101)84(22)50(35-39(2)3)60(92)74-46(15)59(91)75-47(16)63(95)85(23)51(36-40(4)5)66(98)86(24)52(37-41(6)7)67(99)87(25)55(44(12)13)70(102)90-56(61(93)76-49)57(105-90)45(14)33-31-30-32-34-106-71-79-80-81-89(71)27/h39-58,66,98H,29-38H2,1-28H3,(H,74,92)(H,75,91)(H,76,93)(H,77,94)(H,78,103)/t45-,46-,47+,48-,49-,50-,51+,52-,53-,54-,55+,56-,57+,58+,66?/m0/s1. The van der Waals surface area contributed by atoms with E-state index in [1.54, 1.807) is 81.1 Å².